The Balaban J connectivity index is 2.00. The van der Waals surface area contributed by atoms with E-state index >= 15 is 0 Å². The summed E-state index contributed by atoms with van der Waals surface area (Å²) in [5.74, 6) is 2.10. The Morgan fingerprint density at radius 1 is 1.28 bits per heavy atom. The first-order valence-corrected chi connectivity index (χ1v) is 7.75. The number of nitrogens with zero attached hydrogens (tertiary/aromatic N) is 3. The van der Waals surface area contributed by atoms with Crippen LogP contribution >= 0.6 is 0 Å². The number of rotatable bonds is 3. The molecule has 1 saturated heterocycles. The first-order valence-electron chi connectivity index (χ1n) is 5.92. The third kappa shape index (κ3) is 3.32. The van der Waals surface area contributed by atoms with E-state index < -0.39 is 9.84 Å². The van der Waals surface area contributed by atoms with E-state index in [1.165, 1.54) is 6.33 Å². The topological polar surface area (TPSA) is 75.2 Å². The molecule has 1 fully saturated rings. The summed E-state index contributed by atoms with van der Waals surface area (Å²) in [4.78, 5) is 10.2. The van der Waals surface area contributed by atoms with E-state index in [2.05, 4.69) is 15.3 Å². The molecule has 6 nitrogen and oxygen atoms in total. The molecule has 0 atom stereocenters. The average molecular weight is 270 g/mol. The lowest BCUT2D eigenvalue weighted by atomic mass is 10.1. The summed E-state index contributed by atoms with van der Waals surface area (Å²) in [6.07, 6.45) is 2.80. The maximum atomic E-state index is 11.3. The fraction of sp³-hybridized carbons (Fsp3) is 0.636. The van der Waals surface area contributed by atoms with Gasteiger partial charge >= 0.3 is 0 Å². The minimum Gasteiger partial charge on any atom is -0.367 e. The highest BCUT2D eigenvalue weighted by Crippen LogP contribution is 2.18. The zero-order chi connectivity index (χ0) is 13.2. The Morgan fingerprint density at radius 3 is 2.56 bits per heavy atom. The Bertz CT molecular complexity index is 502. The third-order valence-electron chi connectivity index (χ3n) is 3.02. The van der Waals surface area contributed by atoms with Crippen LogP contribution in [0.3, 0.4) is 0 Å². The summed E-state index contributed by atoms with van der Waals surface area (Å²) in [6, 6.07) is 2.04. The molecule has 0 aromatic carbocycles. The van der Waals surface area contributed by atoms with Gasteiger partial charge in [-0.3, -0.25) is 0 Å². The van der Waals surface area contributed by atoms with Crippen LogP contribution in [0.2, 0.25) is 0 Å². The molecule has 0 saturated carbocycles. The Kier molecular flexibility index (Phi) is 3.70. The molecule has 1 aromatic heterocycles. The van der Waals surface area contributed by atoms with E-state index in [0.29, 0.717) is 12.8 Å². The highest BCUT2D eigenvalue weighted by molar-refractivity contribution is 7.91. The van der Waals surface area contributed by atoms with Crippen LogP contribution in [0.15, 0.2) is 12.4 Å². The molecule has 1 N–H and O–H groups in total. The normalized spacial score (nSPS) is 19.4. The lowest BCUT2D eigenvalue weighted by molar-refractivity contribution is 0.559. The van der Waals surface area contributed by atoms with Gasteiger partial charge in [-0.25, -0.2) is 18.4 Å². The van der Waals surface area contributed by atoms with Gasteiger partial charge in [0.15, 0.2) is 0 Å². The van der Waals surface area contributed by atoms with Gasteiger partial charge < -0.3 is 10.2 Å². The summed E-state index contributed by atoms with van der Waals surface area (Å²) >= 11 is 0. The second-order valence-corrected chi connectivity index (χ2v) is 7.03. The van der Waals surface area contributed by atoms with Crippen molar-refractivity contribution in [2.75, 3.05) is 35.8 Å². The van der Waals surface area contributed by atoms with Crippen LogP contribution in [0.1, 0.15) is 12.8 Å². The van der Waals surface area contributed by atoms with Gasteiger partial charge in [0.25, 0.3) is 0 Å². The molecule has 1 aliphatic rings. The molecule has 1 aromatic rings. The molecule has 0 aliphatic carbocycles. The minimum atomic E-state index is -2.81. The molecule has 18 heavy (non-hydrogen) atoms. The van der Waals surface area contributed by atoms with Gasteiger partial charge in [-0.1, -0.05) is 0 Å². The number of anilines is 2. The fourth-order valence-electron chi connectivity index (χ4n) is 1.91. The van der Waals surface area contributed by atoms with E-state index in [-0.39, 0.29) is 17.5 Å². The molecule has 0 amide bonds. The second kappa shape index (κ2) is 5.09. The molecular formula is C11H18N4O2S. The maximum Gasteiger partial charge on any atom is 0.150 e. The lowest BCUT2D eigenvalue weighted by Gasteiger charge is -2.23. The largest absolute Gasteiger partial charge is 0.367 e. The Hall–Kier alpha value is -1.37. The summed E-state index contributed by atoms with van der Waals surface area (Å²) < 4.78 is 22.7. The van der Waals surface area contributed by atoms with Crippen molar-refractivity contribution < 1.29 is 8.42 Å². The van der Waals surface area contributed by atoms with Crippen molar-refractivity contribution in [2.24, 2.45) is 0 Å². The standard InChI is InChI=1S/C11H18N4O2S/c1-15(2)11-7-10(12-8-13-11)14-9-3-5-18(16,17)6-4-9/h7-9H,3-6H2,1-2H3,(H,12,13,14). The number of hydrogen-bond acceptors (Lipinski definition) is 6. The predicted molar refractivity (Wildman–Crippen MR) is 71.7 cm³/mol. The Morgan fingerprint density at radius 2 is 1.94 bits per heavy atom. The number of hydrogen-bond donors (Lipinski definition) is 1. The molecule has 2 rings (SSSR count). The first kappa shape index (κ1) is 13.1. The molecule has 0 unspecified atom stereocenters. The van der Waals surface area contributed by atoms with E-state index in [0.717, 1.165) is 11.6 Å². The van der Waals surface area contributed by atoms with Crippen LogP contribution in [0.5, 0.6) is 0 Å². The van der Waals surface area contributed by atoms with Crippen LogP contribution in [-0.2, 0) is 9.84 Å². The van der Waals surface area contributed by atoms with Crippen LogP contribution in [0.4, 0.5) is 11.6 Å². The van der Waals surface area contributed by atoms with Gasteiger partial charge in [-0.15, -0.1) is 0 Å². The van der Waals surface area contributed by atoms with E-state index in [9.17, 15) is 8.42 Å². The van der Waals surface area contributed by atoms with Gasteiger partial charge in [-0.05, 0) is 12.8 Å². The smallest absolute Gasteiger partial charge is 0.150 e. The summed E-state index contributed by atoms with van der Waals surface area (Å²) in [5, 5.41) is 3.27. The van der Waals surface area contributed by atoms with Crippen molar-refractivity contribution in [1.29, 1.82) is 0 Å². The van der Waals surface area contributed by atoms with E-state index in [4.69, 9.17) is 0 Å². The van der Waals surface area contributed by atoms with Crippen molar-refractivity contribution >= 4 is 21.5 Å². The van der Waals surface area contributed by atoms with Gasteiger partial charge in [0.05, 0.1) is 11.5 Å². The predicted octanol–water partition coefficient (Wildman–Crippen LogP) is 0.532. The Labute approximate surface area is 107 Å². The van der Waals surface area contributed by atoms with E-state index in [1.54, 1.807) is 0 Å². The number of sulfone groups is 1. The lowest BCUT2D eigenvalue weighted by Crippen LogP contribution is -2.32. The van der Waals surface area contributed by atoms with Crippen molar-refractivity contribution in [3.8, 4) is 0 Å². The maximum absolute atomic E-state index is 11.3. The zero-order valence-corrected chi connectivity index (χ0v) is 11.4. The number of nitrogens with one attached hydrogen (secondary N) is 1. The van der Waals surface area contributed by atoms with Crippen molar-refractivity contribution in [2.45, 2.75) is 18.9 Å². The molecule has 0 spiro atoms. The average Bonchev–Trinajstić information content (AvgIpc) is 2.32. The van der Waals surface area contributed by atoms with Crippen LogP contribution in [0.25, 0.3) is 0 Å². The van der Waals surface area contributed by atoms with Crippen molar-refractivity contribution in [3.63, 3.8) is 0 Å². The fourth-order valence-corrected chi connectivity index (χ4v) is 3.41. The second-order valence-electron chi connectivity index (χ2n) is 4.73. The van der Waals surface area contributed by atoms with Crippen molar-refractivity contribution in [1.82, 2.24) is 9.97 Å². The van der Waals surface area contributed by atoms with Gasteiger partial charge in [0.1, 0.15) is 27.8 Å². The van der Waals surface area contributed by atoms with Gasteiger partial charge in [-0.2, -0.15) is 0 Å². The SMILES string of the molecule is CN(C)c1cc(NC2CCS(=O)(=O)CC2)ncn1. The van der Waals surface area contributed by atoms with Crippen LogP contribution < -0.4 is 10.2 Å². The molecule has 2 heterocycles. The summed E-state index contributed by atoms with van der Waals surface area (Å²) in [6.45, 7) is 0. The molecule has 0 bridgehead atoms. The molecule has 0 radical (unpaired) electrons. The molecule has 100 valence electrons. The zero-order valence-electron chi connectivity index (χ0n) is 10.6. The highest BCUT2D eigenvalue weighted by atomic mass is 32.2. The van der Waals surface area contributed by atoms with Gasteiger partial charge in [0.2, 0.25) is 0 Å². The highest BCUT2D eigenvalue weighted by Gasteiger charge is 2.23. The van der Waals surface area contributed by atoms with Crippen LogP contribution in [-0.4, -0.2) is 50.0 Å². The third-order valence-corrected chi connectivity index (χ3v) is 4.73. The van der Waals surface area contributed by atoms with Crippen molar-refractivity contribution in [3.05, 3.63) is 12.4 Å². The summed E-state index contributed by atoms with van der Waals surface area (Å²) in [5.41, 5.74) is 0. The van der Waals surface area contributed by atoms with Gasteiger partial charge in [0, 0.05) is 26.2 Å². The first-order chi connectivity index (χ1) is 8.46. The quantitative estimate of drug-likeness (QED) is 0.863. The minimum absolute atomic E-state index is 0.179. The molecular weight excluding hydrogens is 252 g/mol. The molecule has 1 aliphatic heterocycles. The molecule has 7 heteroatoms. The van der Waals surface area contributed by atoms with Crippen LogP contribution in [0, 0.1) is 0 Å². The summed E-state index contributed by atoms with van der Waals surface area (Å²) in [7, 11) is 1.02. The van der Waals surface area contributed by atoms with E-state index in [1.807, 2.05) is 25.1 Å². The number of aromatic nitrogens is 2. The monoisotopic (exact) mass is 270 g/mol.